The molecule has 3 nitrogen and oxygen atoms in total. The Morgan fingerprint density at radius 2 is 2.00 bits per heavy atom. The van der Waals surface area contributed by atoms with Crippen molar-refractivity contribution in [3.8, 4) is 0 Å². The van der Waals surface area contributed by atoms with E-state index in [1.807, 2.05) is 24.4 Å². The van der Waals surface area contributed by atoms with Gasteiger partial charge in [-0.05, 0) is 52.3 Å². The fourth-order valence-electron chi connectivity index (χ4n) is 1.62. The Morgan fingerprint density at radius 1 is 1.17 bits per heavy atom. The van der Waals surface area contributed by atoms with Crippen LogP contribution in [0.1, 0.15) is 39.3 Å². The molecule has 0 saturated heterocycles. The molecule has 1 aromatic heterocycles. The molecule has 0 atom stereocenters. The molecule has 1 heterocycles. The third kappa shape index (κ3) is 8.20. The third-order valence-corrected chi connectivity index (χ3v) is 2.60. The Bertz CT molecular complexity index is 306. The summed E-state index contributed by atoms with van der Waals surface area (Å²) in [5.41, 5.74) is 1.33. The number of rotatable bonds is 8. The smallest absolute Gasteiger partial charge is 0.0521 e. The number of hydrogen-bond acceptors (Lipinski definition) is 3. The Hall–Kier alpha value is -0.930. The monoisotopic (exact) mass is 250 g/mol. The van der Waals surface area contributed by atoms with Crippen LogP contribution >= 0.6 is 0 Å². The average molecular weight is 250 g/mol. The number of nitrogens with zero attached hydrogens (tertiary/aromatic N) is 1. The van der Waals surface area contributed by atoms with E-state index < -0.39 is 0 Å². The van der Waals surface area contributed by atoms with E-state index in [0.29, 0.717) is 0 Å². The van der Waals surface area contributed by atoms with E-state index in [2.05, 4.69) is 31.1 Å². The van der Waals surface area contributed by atoms with Gasteiger partial charge in [0.2, 0.25) is 0 Å². The molecule has 0 unspecified atom stereocenters. The normalized spacial score (nSPS) is 11.7. The zero-order valence-electron chi connectivity index (χ0n) is 11.9. The fraction of sp³-hybridized carbons (Fsp3) is 0.667. The molecule has 102 valence electrons. The van der Waals surface area contributed by atoms with Crippen LogP contribution in [0, 0.1) is 0 Å². The standard InChI is InChI=1S/C15H26N2O/c1-15(2,3)17-11-6-7-12-18-13-9-14-8-4-5-10-16-14/h4-5,8,10,17H,6-7,9,11-13H2,1-3H3. The van der Waals surface area contributed by atoms with Crippen molar-refractivity contribution in [1.29, 1.82) is 0 Å². The lowest BCUT2D eigenvalue weighted by molar-refractivity contribution is 0.132. The van der Waals surface area contributed by atoms with Crippen molar-refractivity contribution in [2.24, 2.45) is 0 Å². The Kier molecular flexibility index (Phi) is 6.91. The predicted molar refractivity (Wildman–Crippen MR) is 75.7 cm³/mol. The van der Waals surface area contributed by atoms with Crippen LogP contribution in [0.5, 0.6) is 0 Å². The Balaban J connectivity index is 1.90. The minimum atomic E-state index is 0.222. The molecule has 0 aliphatic rings. The Labute approximate surface area is 111 Å². The van der Waals surface area contributed by atoms with Crippen molar-refractivity contribution in [1.82, 2.24) is 10.3 Å². The van der Waals surface area contributed by atoms with Crippen LogP contribution in [0.4, 0.5) is 0 Å². The molecule has 1 rings (SSSR count). The zero-order valence-corrected chi connectivity index (χ0v) is 11.9. The molecule has 0 radical (unpaired) electrons. The minimum absolute atomic E-state index is 0.222. The van der Waals surface area contributed by atoms with Gasteiger partial charge in [0, 0.05) is 30.5 Å². The lowest BCUT2D eigenvalue weighted by atomic mass is 10.1. The number of hydrogen-bond donors (Lipinski definition) is 1. The summed E-state index contributed by atoms with van der Waals surface area (Å²) in [6, 6.07) is 5.99. The molecule has 0 fully saturated rings. The van der Waals surface area contributed by atoms with Gasteiger partial charge in [0.05, 0.1) is 6.61 Å². The van der Waals surface area contributed by atoms with Crippen molar-refractivity contribution >= 4 is 0 Å². The van der Waals surface area contributed by atoms with Gasteiger partial charge in [0.25, 0.3) is 0 Å². The zero-order chi connectivity index (χ0) is 13.3. The van der Waals surface area contributed by atoms with Crippen LogP contribution in [0.3, 0.4) is 0 Å². The summed E-state index contributed by atoms with van der Waals surface area (Å²) in [5.74, 6) is 0. The largest absolute Gasteiger partial charge is 0.381 e. The van der Waals surface area contributed by atoms with Gasteiger partial charge in [-0.3, -0.25) is 4.98 Å². The van der Waals surface area contributed by atoms with Gasteiger partial charge in [-0.2, -0.15) is 0 Å². The SMILES string of the molecule is CC(C)(C)NCCCCOCCc1ccccn1. The maximum Gasteiger partial charge on any atom is 0.0521 e. The van der Waals surface area contributed by atoms with Crippen LogP contribution in [-0.2, 0) is 11.2 Å². The van der Waals surface area contributed by atoms with Gasteiger partial charge in [0.15, 0.2) is 0 Å². The van der Waals surface area contributed by atoms with Crippen LogP contribution in [0.2, 0.25) is 0 Å². The van der Waals surface area contributed by atoms with Gasteiger partial charge in [-0.25, -0.2) is 0 Å². The van der Waals surface area contributed by atoms with Gasteiger partial charge in [-0.1, -0.05) is 6.07 Å². The molecule has 18 heavy (non-hydrogen) atoms. The average Bonchev–Trinajstić information content (AvgIpc) is 2.32. The van der Waals surface area contributed by atoms with E-state index >= 15 is 0 Å². The minimum Gasteiger partial charge on any atom is -0.381 e. The van der Waals surface area contributed by atoms with E-state index in [1.54, 1.807) is 0 Å². The molecule has 1 aromatic rings. The molecular formula is C15H26N2O. The molecular weight excluding hydrogens is 224 g/mol. The molecule has 0 saturated carbocycles. The first-order valence-corrected chi connectivity index (χ1v) is 6.80. The lowest BCUT2D eigenvalue weighted by Gasteiger charge is -2.20. The Morgan fingerprint density at radius 3 is 2.67 bits per heavy atom. The molecule has 0 bridgehead atoms. The highest BCUT2D eigenvalue weighted by Gasteiger charge is 2.06. The van der Waals surface area contributed by atoms with Crippen LogP contribution in [0.25, 0.3) is 0 Å². The molecule has 0 aliphatic heterocycles. The third-order valence-electron chi connectivity index (χ3n) is 2.60. The topological polar surface area (TPSA) is 34.1 Å². The van der Waals surface area contributed by atoms with Crippen molar-refractivity contribution < 1.29 is 4.74 Å². The second kappa shape index (κ2) is 8.22. The first-order chi connectivity index (χ1) is 8.58. The molecule has 0 aromatic carbocycles. The maximum atomic E-state index is 5.60. The number of unbranched alkanes of at least 4 members (excludes halogenated alkanes) is 1. The highest BCUT2D eigenvalue weighted by atomic mass is 16.5. The molecule has 0 amide bonds. The van der Waals surface area contributed by atoms with Gasteiger partial charge in [-0.15, -0.1) is 0 Å². The van der Waals surface area contributed by atoms with Gasteiger partial charge >= 0.3 is 0 Å². The summed E-state index contributed by atoms with van der Waals surface area (Å²) in [4.78, 5) is 4.26. The summed E-state index contributed by atoms with van der Waals surface area (Å²) in [5, 5.41) is 3.47. The van der Waals surface area contributed by atoms with Crippen molar-refractivity contribution in [2.75, 3.05) is 19.8 Å². The number of aromatic nitrogens is 1. The highest BCUT2D eigenvalue weighted by molar-refractivity contribution is 5.03. The van der Waals surface area contributed by atoms with E-state index in [4.69, 9.17) is 4.74 Å². The summed E-state index contributed by atoms with van der Waals surface area (Å²) >= 11 is 0. The summed E-state index contributed by atoms with van der Waals surface area (Å²) in [7, 11) is 0. The summed E-state index contributed by atoms with van der Waals surface area (Å²) < 4.78 is 5.60. The molecule has 0 aliphatic carbocycles. The van der Waals surface area contributed by atoms with E-state index in [-0.39, 0.29) is 5.54 Å². The second-order valence-corrected chi connectivity index (χ2v) is 5.57. The lowest BCUT2D eigenvalue weighted by Crippen LogP contribution is -2.36. The molecule has 0 spiro atoms. The van der Waals surface area contributed by atoms with Crippen molar-refractivity contribution in [3.63, 3.8) is 0 Å². The summed E-state index contributed by atoms with van der Waals surface area (Å²) in [6.07, 6.45) is 5.01. The summed E-state index contributed by atoms with van der Waals surface area (Å²) in [6.45, 7) is 9.25. The van der Waals surface area contributed by atoms with Crippen LogP contribution < -0.4 is 5.32 Å². The van der Waals surface area contributed by atoms with E-state index in [0.717, 1.165) is 38.3 Å². The quantitative estimate of drug-likeness (QED) is 0.720. The first-order valence-electron chi connectivity index (χ1n) is 6.80. The van der Waals surface area contributed by atoms with E-state index in [9.17, 15) is 0 Å². The fourth-order valence-corrected chi connectivity index (χ4v) is 1.62. The molecule has 1 N–H and O–H groups in total. The number of nitrogens with one attached hydrogen (secondary N) is 1. The molecule has 3 heteroatoms. The highest BCUT2D eigenvalue weighted by Crippen LogP contribution is 2.00. The van der Waals surface area contributed by atoms with Gasteiger partial charge < -0.3 is 10.1 Å². The predicted octanol–water partition coefficient (Wildman–Crippen LogP) is 2.81. The second-order valence-electron chi connectivity index (χ2n) is 5.57. The van der Waals surface area contributed by atoms with Crippen molar-refractivity contribution in [3.05, 3.63) is 30.1 Å². The van der Waals surface area contributed by atoms with Gasteiger partial charge in [0.1, 0.15) is 0 Å². The van der Waals surface area contributed by atoms with Crippen LogP contribution in [0.15, 0.2) is 24.4 Å². The maximum absolute atomic E-state index is 5.60. The van der Waals surface area contributed by atoms with E-state index in [1.165, 1.54) is 6.42 Å². The number of pyridine rings is 1. The van der Waals surface area contributed by atoms with Crippen molar-refractivity contribution in [2.45, 2.75) is 45.6 Å². The van der Waals surface area contributed by atoms with Crippen LogP contribution in [-0.4, -0.2) is 30.3 Å². The first kappa shape index (κ1) is 15.1. The number of ether oxygens (including phenoxy) is 1.